The van der Waals surface area contributed by atoms with Gasteiger partial charge in [0.05, 0.1) is 5.92 Å². The van der Waals surface area contributed by atoms with Crippen molar-refractivity contribution in [1.82, 2.24) is 10.2 Å². The Morgan fingerprint density at radius 2 is 1.71 bits per heavy atom. The van der Waals surface area contributed by atoms with Crippen LogP contribution in [0.4, 0.5) is 4.79 Å². The highest BCUT2D eigenvalue weighted by molar-refractivity contribution is 5.80. The van der Waals surface area contributed by atoms with E-state index in [2.05, 4.69) is 29.6 Å². The molecule has 7 heteroatoms. The van der Waals surface area contributed by atoms with Gasteiger partial charge in [-0.3, -0.25) is 9.59 Å². The van der Waals surface area contributed by atoms with Gasteiger partial charge in [0.15, 0.2) is 0 Å². The average Bonchev–Trinajstić information content (AvgIpc) is 3.18. The Hall–Kier alpha value is -3.35. The van der Waals surface area contributed by atoms with E-state index in [1.807, 2.05) is 38.1 Å². The number of carbonyl (C=O) groups excluding carboxylic acids is 2. The van der Waals surface area contributed by atoms with E-state index >= 15 is 0 Å². The van der Waals surface area contributed by atoms with Crippen LogP contribution in [0.2, 0.25) is 0 Å². The van der Waals surface area contributed by atoms with Crippen LogP contribution in [0.1, 0.15) is 63.0 Å². The van der Waals surface area contributed by atoms with Gasteiger partial charge in [0.2, 0.25) is 5.91 Å². The first-order valence-electron chi connectivity index (χ1n) is 12.5. The summed E-state index contributed by atoms with van der Waals surface area (Å²) in [5.41, 5.74) is 4.68. The van der Waals surface area contributed by atoms with E-state index in [-0.39, 0.29) is 36.9 Å². The van der Waals surface area contributed by atoms with Crippen LogP contribution >= 0.6 is 0 Å². The molecule has 0 radical (unpaired) electrons. The summed E-state index contributed by atoms with van der Waals surface area (Å²) in [6.07, 6.45) is 2.23. The van der Waals surface area contributed by atoms with Gasteiger partial charge in [0.25, 0.3) is 0 Å². The van der Waals surface area contributed by atoms with E-state index in [0.717, 1.165) is 11.1 Å². The number of carboxylic acid groups (broad SMARTS) is 1. The Bertz CT molecular complexity index is 1040. The van der Waals surface area contributed by atoms with Gasteiger partial charge in [0.1, 0.15) is 6.61 Å². The quantitative estimate of drug-likeness (QED) is 0.568. The van der Waals surface area contributed by atoms with Gasteiger partial charge < -0.3 is 20.1 Å². The number of nitrogens with one attached hydrogen (secondary N) is 1. The lowest BCUT2D eigenvalue weighted by Gasteiger charge is -2.37. The lowest BCUT2D eigenvalue weighted by atomic mass is 9.90. The molecular weight excluding hydrogens is 444 g/mol. The first-order valence-corrected chi connectivity index (χ1v) is 12.5. The summed E-state index contributed by atoms with van der Waals surface area (Å²) < 4.78 is 5.64. The fourth-order valence-electron chi connectivity index (χ4n) is 5.45. The standard InChI is InChI=1S/C28H34N2O5/c1-3-19(14-15-26(31)30-16-8-13-20(18(30)2)27(32)33)29-28(34)35-17-25-23-11-6-4-9-21(23)22-10-5-7-12-24(22)25/h4-7,9-12,18-20,25H,3,8,13-17H2,1-2H3,(H,29,34)(H,32,33)/t18-,19?,20-/m1/s1. The Morgan fingerprint density at radius 3 is 2.31 bits per heavy atom. The van der Waals surface area contributed by atoms with Gasteiger partial charge in [-0.05, 0) is 54.9 Å². The summed E-state index contributed by atoms with van der Waals surface area (Å²) in [6.45, 7) is 4.60. The van der Waals surface area contributed by atoms with Crippen molar-refractivity contribution >= 4 is 18.0 Å². The minimum atomic E-state index is -0.849. The number of nitrogens with zero attached hydrogens (tertiary/aromatic N) is 1. The van der Waals surface area contributed by atoms with Crippen LogP contribution in [-0.2, 0) is 14.3 Å². The van der Waals surface area contributed by atoms with Crippen molar-refractivity contribution in [2.24, 2.45) is 5.92 Å². The number of rotatable bonds is 8. The maximum atomic E-state index is 12.8. The molecule has 2 aromatic rings. The Balaban J connectivity index is 1.29. The van der Waals surface area contributed by atoms with E-state index in [1.54, 1.807) is 4.90 Å². The van der Waals surface area contributed by atoms with Gasteiger partial charge >= 0.3 is 12.1 Å². The van der Waals surface area contributed by atoms with Crippen LogP contribution in [0.15, 0.2) is 48.5 Å². The summed E-state index contributed by atoms with van der Waals surface area (Å²) in [7, 11) is 0. The number of likely N-dealkylation sites (tertiary alicyclic amines) is 1. The highest BCUT2D eigenvalue weighted by Crippen LogP contribution is 2.44. The van der Waals surface area contributed by atoms with Gasteiger partial charge in [-0.25, -0.2) is 4.79 Å². The van der Waals surface area contributed by atoms with E-state index in [0.29, 0.717) is 32.2 Å². The minimum absolute atomic E-state index is 0.00225. The predicted octanol–water partition coefficient (Wildman–Crippen LogP) is 4.80. The SMILES string of the molecule is CCC(CCC(=O)N1CCC[C@@H](C(=O)O)[C@H]1C)NC(=O)OCC1c2ccccc2-c2ccccc21. The number of aliphatic carboxylic acids is 1. The second-order valence-corrected chi connectivity index (χ2v) is 9.53. The van der Waals surface area contributed by atoms with Gasteiger partial charge in [-0.1, -0.05) is 55.5 Å². The fourth-order valence-corrected chi connectivity index (χ4v) is 5.45. The number of benzene rings is 2. The highest BCUT2D eigenvalue weighted by Gasteiger charge is 2.35. The molecule has 7 nitrogen and oxygen atoms in total. The van der Waals surface area contributed by atoms with Crippen molar-refractivity contribution in [1.29, 1.82) is 0 Å². The molecule has 3 atom stereocenters. The monoisotopic (exact) mass is 478 g/mol. The normalized spacial score (nSPS) is 20.0. The molecule has 1 aliphatic heterocycles. The number of amides is 2. The number of fused-ring (bicyclic) bond motifs is 3. The second kappa shape index (κ2) is 10.9. The Labute approximate surface area is 206 Å². The second-order valence-electron chi connectivity index (χ2n) is 9.53. The van der Waals surface area contributed by atoms with Crippen molar-refractivity contribution in [3.63, 3.8) is 0 Å². The van der Waals surface area contributed by atoms with Gasteiger partial charge in [0, 0.05) is 31.0 Å². The molecule has 1 fully saturated rings. The van der Waals surface area contributed by atoms with Crippen LogP contribution in [0.5, 0.6) is 0 Å². The van der Waals surface area contributed by atoms with E-state index in [9.17, 15) is 19.5 Å². The van der Waals surface area contributed by atoms with Crippen molar-refractivity contribution in [2.75, 3.05) is 13.2 Å². The molecule has 2 N–H and O–H groups in total. The lowest BCUT2D eigenvalue weighted by molar-refractivity contribution is -0.149. The van der Waals surface area contributed by atoms with Crippen molar-refractivity contribution in [2.45, 2.75) is 64.0 Å². The molecule has 2 aromatic carbocycles. The molecule has 186 valence electrons. The van der Waals surface area contributed by atoms with Crippen molar-refractivity contribution < 1.29 is 24.2 Å². The molecule has 0 bridgehead atoms. The number of hydrogen-bond acceptors (Lipinski definition) is 4. The van der Waals surface area contributed by atoms with E-state index in [4.69, 9.17) is 4.74 Å². The molecular formula is C28H34N2O5. The molecule has 0 spiro atoms. The summed E-state index contributed by atoms with van der Waals surface area (Å²) in [5, 5.41) is 12.3. The van der Waals surface area contributed by atoms with Crippen LogP contribution in [0.3, 0.4) is 0 Å². The zero-order chi connectivity index (χ0) is 24.9. The van der Waals surface area contributed by atoms with Crippen molar-refractivity contribution in [3.8, 4) is 11.1 Å². The number of piperidine rings is 1. The molecule has 0 aromatic heterocycles. The van der Waals surface area contributed by atoms with E-state index in [1.165, 1.54) is 11.1 Å². The highest BCUT2D eigenvalue weighted by atomic mass is 16.5. The molecule has 4 rings (SSSR count). The third-order valence-corrected chi connectivity index (χ3v) is 7.49. The lowest BCUT2D eigenvalue weighted by Crippen LogP contribution is -2.49. The molecule has 1 aliphatic carbocycles. The van der Waals surface area contributed by atoms with Crippen LogP contribution in [0, 0.1) is 5.92 Å². The molecule has 1 heterocycles. The van der Waals surface area contributed by atoms with Gasteiger partial charge in [-0.2, -0.15) is 0 Å². The third kappa shape index (κ3) is 5.34. The molecule has 1 unspecified atom stereocenters. The Kier molecular flexibility index (Phi) is 7.73. The minimum Gasteiger partial charge on any atom is -0.481 e. The molecule has 2 amide bonds. The average molecular weight is 479 g/mol. The maximum Gasteiger partial charge on any atom is 0.407 e. The number of ether oxygens (including phenoxy) is 1. The Morgan fingerprint density at radius 1 is 1.09 bits per heavy atom. The number of carboxylic acids is 1. The predicted molar refractivity (Wildman–Crippen MR) is 133 cm³/mol. The first-order chi connectivity index (χ1) is 16.9. The zero-order valence-electron chi connectivity index (χ0n) is 20.4. The molecule has 0 saturated carbocycles. The smallest absolute Gasteiger partial charge is 0.407 e. The van der Waals surface area contributed by atoms with Crippen molar-refractivity contribution in [3.05, 3.63) is 59.7 Å². The fraction of sp³-hybridized carbons (Fsp3) is 0.464. The summed E-state index contributed by atoms with van der Waals surface area (Å²) in [6, 6.07) is 15.9. The number of hydrogen-bond donors (Lipinski definition) is 2. The van der Waals surface area contributed by atoms with Crippen LogP contribution in [0.25, 0.3) is 11.1 Å². The maximum absolute atomic E-state index is 12.8. The third-order valence-electron chi connectivity index (χ3n) is 7.49. The largest absolute Gasteiger partial charge is 0.481 e. The molecule has 2 aliphatic rings. The molecule has 1 saturated heterocycles. The zero-order valence-corrected chi connectivity index (χ0v) is 20.4. The first kappa shape index (κ1) is 24.8. The summed E-state index contributed by atoms with van der Waals surface area (Å²) in [4.78, 5) is 38.6. The number of alkyl carbamates (subject to hydrolysis) is 1. The number of carbonyl (C=O) groups is 3. The summed E-state index contributed by atoms with van der Waals surface area (Å²) in [5.74, 6) is -1.43. The summed E-state index contributed by atoms with van der Waals surface area (Å²) >= 11 is 0. The van der Waals surface area contributed by atoms with Crippen LogP contribution in [-0.4, -0.2) is 53.2 Å². The van der Waals surface area contributed by atoms with Crippen LogP contribution < -0.4 is 5.32 Å². The van der Waals surface area contributed by atoms with Gasteiger partial charge in [-0.15, -0.1) is 0 Å². The topological polar surface area (TPSA) is 95.9 Å². The van der Waals surface area contributed by atoms with E-state index < -0.39 is 18.0 Å². The molecule has 35 heavy (non-hydrogen) atoms.